The number of carbonyl (C=O) groups excluding carboxylic acids is 1. The first-order valence-corrected chi connectivity index (χ1v) is 13.3. The van der Waals surface area contributed by atoms with Crippen molar-refractivity contribution in [3.63, 3.8) is 0 Å². The molecule has 0 atom stereocenters. The number of hydrogen-bond acceptors (Lipinski definition) is 6. The van der Waals surface area contributed by atoms with E-state index in [4.69, 9.17) is 4.98 Å². The highest BCUT2D eigenvalue weighted by Gasteiger charge is 2.23. The molecule has 0 aliphatic rings. The van der Waals surface area contributed by atoms with Crippen molar-refractivity contribution in [2.45, 2.75) is 38.1 Å². The fourth-order valence-electron chi connectivity index (χ4n) is 3.79. The molecule has 178 valence electrons. The number of rotatable bonds is 8. The standard InChI is InChI=1S/C24H27N5O3S2/c1-5-28-21-12-11-19(34(31,32)27(3)4)15-20(21)26-22(28)13-14-23(30)29(18-9-7-6-8-10-18)24-25-17(2)16-33-24/h6-12,15-16H,5,13-14H2,1-4H3. The minimum atomic E-state index is -3.56. The summed E-state index contributed by atoms with van der Waals surface area (Å²) in [5, 5.41) is 2.56. The molecule has 0 radical (unpaired) electrons. The Hall–Kier alpha value is -3.08. The number of sulfonamides is 1. The lowest BCUT2D eigenvalue weighted by atomic mass is 10.2. The summed E-state index contributed by atoms with van der Waals surface area (Å²) in [5.74, 6) is 0.666. The summed E-state index contributed by atoms with van der Waals surface area (Å²) in [6.07, 6.45) is 0.657. The second-order valence-corrected chi connectivity index (χ2v) is 11.0. The summed E-state index contributed by atoms with van der Waals surface area (Å²) in [6.45, 7) is 4.57. The van der Waals surface area contributed by atoms with Crippen LogP contribution < -0.4 is 4.90 Å². The number of para-hydroxylation sites is 1. The molecule has 0 N–H and O–H groups in total. The van der Waals surface area contributed by atoms with Crippen molar-refractivity contribution < 1.29 is 13.2 Å². The number of benzene rings is 2. The van der Waals surface area contributed by atoms with Gasteiger partial charge in [-0.15, -0.1) is 11.3 Å². The molecule has 4 rings (SSSR count). The first kappa shape index (κ1) is 24.1. The van der Waals surface area contributed by atoms with E-state index >= 15 is 0 Å². The van der Waals surface area contributed by atoms with Gasteiger partial charge in [0.2, 0.25) is 15.9 Å². The molecular weight excluding hydrogens is 470 g/mol. The van der Waals surface area contributed by atoms with Crippen molar-refractivity contribution >= 4 is 49.1 Å². The highest BCUT2D eigenvalue weighted by molar-refractivity contribution is 7.89. The van der Waals surface area contributed by atoms with E-state index in [-0.39, 0.29) is 17.2 Å². The molecule has 0 fully saturated rings. The number of anilines is 2. The number of imidazole rings is 1. The smallest absolute Gasteiger partial charge is 0.242 e. The van der Waals surface area contributed by atoms with Crippen LogP contribution in [0, 0.1) is 6.92 Å². The van der Waals surface area contributed by atoms with Crippen LogP contribution in [0.15, 0.2) is 58.8 Å². The topological polar surface area (TPSA) is 88.4 Å². The van der Waals surface area contributed by atoms with Crippen molar-refractivity contribution in [3.8, 4) is 0 Å². The lowest BCUT2D eigenvalue weighted by Gasteiger charge is -2.20. The Kier molecular flexibility index (Phi) is 6.83. The van der Waals surface area contributed by atoms with E-state index in [0.29, 0.717) is 23.6 Å². The lowest BCUT2D eigenvalue weighted by Crippen LogP contribution is -2.26. The van der Waals surface area contributed by atoms with Crippen LogP contribution in [-0.4, -0.2) is 47.3 Å². The number of carbonyl (C=O) groups is 1. The van der Waals surface area contributed by atoms with Crippen molar-refractivity contribution in [1.29, 1.82) is 0 Å². The number of aryl methyl sites for hydroxylation is 3. The molecule has 1 amide bonds. The Bertz CT molecular complexity index is 1430. The molecule has 34 heavy (non-hydrogen) atoms. The average Bonchev–Trinajstić information content (AvgIpc) is 3.40. The van der Waals surface area contributed by atoms with Gasteiger partial charge in [0, 0.05) is 38.9 Å². The van der Waals surface area contributed by atoms with Crippen LogP contribution in [0.5, 0.6) is 0 Å². The fraction of sp³-hybridized carbons (Fsp3) is 0.292. The largest absolute Gasteiger partial charge is 0.328 e. The maximum absolute atomic E-state index is 13.4. The van der Waals surface area contributed by atoms with Gasteiger partial charge in [-0.05, 0) is 44.2 Å². The molecule has 2 aromatic carbocycles. The van der Waals surface area contributed by atoms with Crippen LogP contribution in [0.3, 0.4) is 0 Å². The van der Waals surface area contributed by atoms with Gasteiger partial charge in [0.1, 0.15) is 5.82 Å². The Morgan fingerprint density at radius 2 is 1.82 bits per heavy atom. The number of thiazole rings is 1. The second-order valence-electron chi connectivity index (χ2n) is 8.05. The minimum Gasteiger partial charge on any atom is -0.328 e. The normalized spacial score (nSPS) is 11.9. The molecule has 0 saturated carbocycles. The average molecular weight is 498 g/mol. The molecule has 0 bridgehead atoms. The highest BCUT2D eigenvalue weighted by Crippen LogP contribution is 2.30. The van der Waals surface area contributed by atoms with Gasteiger partial charge in [0.15, 0.2) is 5.13 Å². The second kappa shape index (κ2) is 9.65. The number of amides is 1. The van der Waals surface area contributed by atoms with Crippen molar-refractivity contribution in [2.75, 3.05) is 19.0 Å². The summed E-state index contributed by atoms with van der Waals surface area (Å²) in [7, 11) is -0.550. The first-order chi connectivity index (χ1) is 16.2. The van der Waals surface area contributed by atoms with Crippen LogP contribution in [0.4, 0.5) is 10.8 Å². The zero-order valence-electron chi connectivity index (χ0n) is 19.6. The monoisotopic (exact) mass is 497 g/mol. The predicted molar refractivity (Wildman–Crippen MR) is 135 cm³/mol. The summed E-state index contributed by atoms with van der Waals surface area (Å²) in [4.78, 5) is 24.4. The summed E-state index contributed by atoms with van der Waals surface area (Å²) < 4.78 is 28.3. The molecule has 4 aromatic rings. The summed E-state index contributed by atoms with van der Waals surface area (Å²) in [5.41, 5.74) is 3.08. The van der Waals surface area contributed by atoms with Crippen LogP contribution in [0.25, 0.3) is 11.0 Å². The van der Waals surface area contributed by atoms with Crippen LogP contribution in [0.2, 0.25) is 0 Å². The summed E-state index contributed by atoms with van der Waals surface area (Å²) in [6, 6.07) is 14.5. The van der Waals surface area contributed by atoms with Crippen LogP contribution in [-0.2, 0) is 27.8 Å². The van der Waals surface area contributed by atoms with Crippen molar-refractivity contribution in [1.82, 2.24) is 18.8 Å². The number of fused-ring (bicyclic) bond motifs is 1. The van der Waals surface area contributed by atoms with Crippen molar-refractivity contribution in [3.05, 3.63) is 65.4 Å². The van der Waals surface area contributed by atoms with E-state index in [0.717, 1.165) is 22.7 Å². The van der Waals surface area contributed by atoms with Gasteiger partial charge >= 0.3 is 0 Å². The Morgan fingerprint density at radius 1 is 1.09 bits per heavy atom. The Labute approximate surface area is 203 Å². The Morgan fingerprint density at radius 3 is 2.44 bits per heavy atom. The third kappa shape index (κ3) is 4.61. The zero-order valence-corrected chi connectivity index (χ0v) is 21.2. The molecule has 0 aliphatic heterocycles. The van der Waals surface area contributed by atoms with Crippen LogP contribution >= 0.6 is 11.3 Å². The van der Waals surface area contributed by atoms with Gasteiger partial charge < -0.3 is 4.57 Å². The number of nitrogens with zero attached hydrogens (tertiary/aromatic N) is 5. The van der Waals surface area contributed by atoms with E-state index < -0.39 is 10.0 Å². The third-order valence-electron chi connectivity index (χ3n) is 5.52. The number of hydrogen-bond donors (Lipinski definition) is 0. The third-order valence-corrected chi connectivity index (χ3v) is 8.27. The maximum Gasteiger partial charge on any atom is 0.242 e. The lowest BCUT2D eigenvalue weighted by molar-refractivity contribution is -0.117. The van der Waals surface area contributed by atoms with Gasteiger partial charge in [-0.25, -0.2) is 22.7 Å². The van der Waals surface area contributed by atoms with Crippen LogP contribution in [0.1, 0.15) is 24.9 Å². The van der Waals surface area contributed by atoms with Gasteiger partial charge in [0.05, 0.1) is 27.3 Å². The van der Waals surface area contributed by atoms with E-state index in [1.807, 2.05) is 54.1 Å². The molecule has 2 heterocycles. The zero-order chi connectivity index (χ0) is 24.5. The van der Waals surface area contributed by atoms with E-state index in [2.05, 4.69) is 4.98 Å². The molecule has 0 saturated heterocycles. The SMILES string of the molecule is CCn1c(CCC(=O)N(c2ccccc2)c2nc(C)cs2)nc2cc(S(=O)(=O)N(C)C)ccc21. The molecule has 0 aliphatic carbocycles. The van der Waals surface area contributed by atoms with Gasteiger partial charge in [-0.1, -0.05) is 18.2 Å². The molecule has 10 heteroatoms. The van der Waals surface area contributed by atoms with Gasteiger partial charge in [0.25, 0.3) is 0 Å². The molecular formula is C24H27N5O3S2. The van der Waals surface area contributed by atoms with Gasteiger partial charge in [-0.2, -0.15) is 0 Å². The summed E-state index contributed by atoms with van der Waals surface area (Å²) >= 11 is 1.43. The van der Waals surface area contributed by atoms with Crippen molar-refractivity contribution in [2.24, 2.45) is 0 Å². The minimum absolute atomic E-state index is 0.0777. The first-order valence-electron chi connectivity index (χ1n) is 10.9. The maximum atomic E-state index is 13.4. The van der Waals surface area contributed by atoms with E-state index in [1.165, 1.54) is 29.7 Å². The molecule has 0 unspecified atom stereocenters. The van der Waals surface area contributed by atoms with Gasteiger partial charge in [-0.3, -0.25) is 9.69 Å². The number of aromatic nitrogens is 3. The molecule has 0 spiro atoms. The fourth-order valence-corrected chi connectivity index (χ4v) is 5.55. The Balaban J connectivity index is 1.63. The highest BCUT2D eigenvalue weighted by atomic mass is 32.2. The predicted octanol–water partition coefficient (Wildman–Crippen LogP) is 4.37. The molecule has 2 aromatic heterocycles. The quantitative estimate of drug-likeness (QED) is 0.361. The van der Waals surface area contributed by atoms with E-state index in [9.17, 15) is 13.2 Å². The van der Waals surface area contributed by atoms with E-state index in [1.54, 1.807) is 23.1 Å². The molecule has 8 nitrogen and oxygen atoms in total.